The standard InChI is InChI=1S/C19H24N4O2/c1-13-8-14(2)18(16(24)9-13)15-4-5-17(21-20-15)23-6-7-25-12-19(23)10-22(3)11-19/h4-5,8-9,24H,6-7,10-12H2,1-3H3. The highest BCUT2D eigenvalue weighted by Crippen LogP contribution is 2.35. The Hall–Kier alpha value is -2.18. The minimum absolute atomic E-state index is 0.0190. The van der Waals surface area contributed by atoms with Gasteiger partial charge in [-0.25, -0.2) is 0 Å². The van der Waals surface area contributed by atoms with Crippen LogP contribution in [-0.2, 0) is 4.74 Å². The van der Waals surface area contributed by atoms with E-state index in [0.717, 1.165) is 48.7 Å². The third kappa shape index (κ3) is 2.75. The number of nitrogens with zero attached hydrogens (tertiary/aromatic N) is 4. The number of hydrogen-bond acceptors (Lipinski definition) is 6. The molecular weight excluding hydrogens is 316 g/mol. The van der Waals surface area contributed by atoms with Crippen LogP contribution >= 0.6 is 0 Å². The van der Waals surface area contributed by atoms with Gasteiger partial charge in [-0.3, -0.25) is 0 Å². The molecule has 1 aromatic carbocycles. The number of anilines is 1. The predicted molar refractivity (Wildman–Crippen MR) is 97.0 cm³/mol. The van der Waals surface area contributed by atoms with Crippen LogP contribution in [0.5, 0.6) is 5.75 Å². The van der Waals surface area contributed by atoms with Crippen molar-refractivity contribution in [2.75, 3.05) is 44.8 Å². The van der Waals surface area contributed by atoms with Gasteiger partial charge in [0.15, 0.2) is 5.82 Å². The van der Waals surface area contributed by atoms with Crippen LogP contribution in [-0.4, -0.2) is 65.6 Å². The fourth-order valence-electron chi connectivity index (χ4n) is 4.19. The largest absolute Gasteiger partial charge is 0.507 e. The van der Waals surface area contributed by atoms with E-state index in [4.69, 9.17) is 4.74 Å². The summed E-state index contributed by atoms with van der Waals surface area (Å²) in [5.74, 6) is 1.13. The molecule has 0 radical (unpaired) electrons. The first-order chi connectivity index (χ1) is 12.0. The maximum absolute atomic E-state index is 10.3. The molecule has 0 unspecified atom stereocenters. The Balaban J connectivity index is 1.64. The summed E-state index contributed by atoms with van der Waals surface area (Å²) in [6.07, 6.45) is 0. The summed E-state index contributed by atoms with van der Waals surface area (Å²) in [4.78, 5) is 4.62. The fourth-order valence-corrected chi connectivity index (χ4v) is 4.19. The summed E-state index contributed by atoms with van der Waals surface area (Å²) in [6, 6.07) is 7.77. The molecule has 0 bridgehead atoms. The summed E-state index contributed by atoms with van der Waals surface area (Å²) in [7, 11) is 2.12. The number of aromatic hydroxyl groups is 1. The Morgan fingerprint density at radius 3 is 2.60 bits per heavy atom. The van der Waals surface area contributed by atoms with Crippen LogP contribution in [0.3, 0.4) is 0 Å². The number of rotatable bonds is 2. The Morgan fingerprint density at radius 1 is 1.16 bits per heavy atom. The molecule has 0 amide bonds. The second kappa shape index (κ2) is 5.97. The van der Waals surface area contributed by atoms with Crippen molar-refractivity contribution in [1.29, 1.82) is 0 Å². The molecule has 0 atom stereocenters. The zero-order valence-electron chi connectivity index (χ0n) is 15.0. The summed E-state index contributed by atoms with van der Waals surface area (Å²) in [6.45, 7) is 8.20. The molecule has 2 aliphatic heterocycles. The second-order valence-corrected chi connectivity index (χ2v) is 7.35. The number of aromatic nitrogens is 2. The van der Waals surface area contributed by atoms with E-state index in [1.165, 1.54) is 0 Å². The first-order valence-electron chi connectivity index (χ1n) is 8.67. The Bertz CT molecular complexity index is 756. The van der Waals surface area contributed by atoms with Crippen molar-refractivity contribution in [3.05, 3.63) is 35.4 Å². The highest BCUT2D eigenvalue weighted by Gasteiger charge is 2.48. The number of likely N-dealkylation sites (tertiary alicyclic amines) is 1. The molecule has 0 aliphatic carbocycles. The third-order valence-electron chi connectivity index (χ3n) is 5.17. The molecule has 6 heteroatoms. The third-order valence-corrected chi connectivity index (χ3v) is 5.17. The quantitative estimate of drug-likeness (QED) is 0.902. The molecular formula is C19H24N4O2. The highest BCUT2D eigenvalue weighted by atomic mass is 16.5. The molecule has 2 saturated heterocycles. The first kappa shape index (κ1) is 16.3. The van der Waals surface area contributed by atoms with Gasteiger partial charge in [-0.15, -0.1) is 10.2 Å². The van der Waals surface area contributed by atoms with Gasteiger partial charge in [0.05, 0.1) is 24.4 Å². The summed E-state index contributed by atoms with van der Waals surface area (Å²) >= 11 is 0. The average Bonchev–Trinajstić information content (AvgIpc) is 2.54. The lowest BCUT2D eigenvalue weighted by Crippen LogP contribution is -2.74. The molecule has 2 aliphatic rings. The molecule has 2 fully saturated rings. The van der Waals surface area contributed by atoms with Crippen molar-refractivity contribution in [2.24, 2.45) is 0 Å². The normalized spacial score (nSPS) is 19.9. The number of phenols is 1. The molecule has 25 heavy (non-hydrogen) atoms. The molecule has 0 saturated carbocycles. The van der Waals surface area contributed by atoms with Gasteiger partial charge in [0, 0.05) is 25.2 Å². The van der Waals surface area contributed by atoms with Crippen LogP contribution in [0.25, 0.3) is 11.3 Å². The lowest BCUT2D eigenvalue weighted by atomic mass is 9.88. The molecule has 1 N–H and O–H groups in total. The molecule has 1 spiro atoms. The maximum Gasteiger partial charge on any atom is 0.151 e. The zero-order valence-corrected chi connectivity index (χ0v) is 15.0. The maximum atomic E-state index is 10.3. The Kier molecular flexibility index (Phi) is 3.89. The number of hydrogen-bond donors (Lipinski definition) is 1. The van der Waals surface area contributed by atoms with Crippen molar-refractivity contribution in [2.45, 2.75) is 19.4 Å². The number of benzene rings is 1. The van der Waals surface area contributed by atoms with E-state index >= 15 is 0 Å². The van der Waals surface area contributed by atoms with Crippen molar-refractivity contribution in [1.82, 2.24) is 15.1 Å². The molecule has 1 aromatic heterocycles. The lowest BCUT2D eigenvalue weighted by Gasteiger charge is -2.56. The van der Waals surface area contributed by atoms with Crippen molar-refractivity contribution < 1.29 is 9.84 Å². The van der Waals surface area contributed by atoms with Gasteiger partial charge in [0.25, 0.3) is 0 Å². The van der Waals surface area contributed by atoms with Crippen LogP contribution in [0.4, 0.5) is 5.82 Å². The number of ether oxygens (including phenoxy) is 1. The summed E-state index contributed by atoms with van der Waals surface area (Å²) in [5, 5.41) is 19.2. The fraction of sp³-hybridized carbons (Fsp3) is 0.474. The minimum atomic E-state index is 0.0190. The van der Waals surface area contributed by atoms with Gasteiger partial charge in [-0.2, -0.15) is 0 Å². The second-order valence-electron chi connectivity index (χ2n) is 7.35. The van der Waals surface area contributed by atoms with Gasteiger partial charge in [0.2, 0.25) is 0 Å². The first-order valence-corrected chi connectivity index (χ1v) is 8.67. The van der Waals surface area contributed by atoms with E-state index in [1.54, 1.807) is 6.07 Å². The van der Waals surface area contributed by atoms with E-state index in [9.17, 15) is 5.11 Å². The van der Waals surface area contributed by atoms with Crippen molar-refractivity contribution >= 4 is 5.82 Å². The minimum Gasteiger partial charge on any atom is -0.507 e. The topological polar surface area (TPSA) is 61.7 Å². The van der Waals surface area contributed by atoms with Gasteiger partial charge >= 0.3 is 0 Å². The summed E-state index contributed by atoms with van der Waals surface area (Å²) < 4.78 is 5.71. The number of phenolic OH excluding ortho intramolecular Hbond substituents is 1. The van der Waals surface area contributed by atoms with Crippen molar-refractivity contribution in [3.63, 3.8) is 0 Å². The van der Waals surface area contributed by atoms with Crippen molar-refractivity contribution in [3.8, 4) is 17.0 Å². The van der Waals surface area contributed by atoms with Crippen LogP contribution in [0.1, 0.15) is 11.1 Å². The van der Waals surface area contributed by atoms with Gasteiger partial charge < -0.3 is 19.6 Å². The lowest BCUT2D eigenvalue weighted by molar-refractivity contribution is -0.0264. The summed E-state index contributed by atoms with van der Waals surface area (Å²) in [5.41, 5.74) is 3.51. The van der Waals surface area contributed by atoms with Gasteiger partial charge in [-0.05, 0) is 50.2 Å². The monoisotopic (exact) mass is 340 g/mol. The highest BCUT2D eigenvalue weighted by molar-refractivity contribution is 5.71. The average molecular weight is 340 g/mol. The molecule has 2 aromatic rings. The number of likely N-dealkylation sites (N-methyl/N-ethyl adjacent to an activating group) is 1. The SMILES string of the molecule is Cc1cc(C)c(-c2ccc(N3CCOCC34CN(C)C4)nn2)c(O)c1. The number of morpholine rings is 1. The Labute approximate surface area is 148 Å². The smallest absolute Gasteiger partial charge is 0.151 e. The predicted octanol–water partition coefficient (Wildman–Crippen LogP) is 1.99. The zero-order chi connectivity index (χ0) is 17.6. The van der Waals surface area contributed by atoms with E-state index < -0.39 is 0 Å². The van der Waals surface area contributed by atoms with Crippen LogP contribution in [0.2, 0.25) is 0 Å². The van der Waals surface area contributed by atoms with Gasteiger partial charge in [-0.1, -0.05) is 6.07 Å². The Morgan fingerprint density at radius 2 is 1.96 bits per heavy atom. The molecule has 132 valence electrons. The van der Waals surface area contributed by atoms with E-state index in [-0.39, 0.29) is 11.3 Å². The van der Waals surface area contributed by atoms with E-state index in [1.807, 2.05) is 32.0 Å². The van der Waals surface area contributed by atoms with Gasteiger partial charge in [0.1, 0.15) is 5.75 Å². The van der Waals surface area contributed by atoms with Crippen LogP contribution < -0.4 is 4.90 Å². The molecule has 4 rings (SSSR count). The van der Waals surface area contributed by atoms with Crippen LogP contribution in [0.15, 0.2) is 24.3 Å². The number of aryl methyl sites for hydroxylation is 2. The van der Waals surface area contributed by atoms with Crippen LogP contribution in [0, 0.1) is 13.8 Å². The molecule has 3 heterocycles. The van der Waals surface area contributed by atoms with E-state index in [0.29, 0.717) is 12.3 Å². The van der Waals surface area contributed by atoms with E-state index in [2.05, 4.69) is 27.0 Å². The molecule has 6 nitrogen and oxygen atoms in total.